The number of hydrogen-bond acceptors (Lipinski definition) is 4. The maximum atomic E-state index is 12.3. The van der Waals surface area contributed by atoms with Crippen molar-refractivity contribution in [1.82, 2.24) is 0 Å². The Morgan fingerprint density at radius 2 is 1.68 bits per heavy atom. The number of ether oxygens (including phenoxy) is 1. The topological polar surface area (TPSA) is 72.5 Å². The Morgan fingerprint density at radius 1 is 1.00 bits per heavy atom. The van der Waals surface area contributed by atoms with Gasteiger partial charge in [0.25, 0.3) is 5.91 Å². The van der Waals surface area contributed by atoms with E-state index in [2.05, 4.69) is 5.32 Å². The lowest BCUT2D eigenvalue weighted by atomic mass is 10.1. The zero-order chi connectivity index (χ0) is 20.1. The minimum atomic E-state index is -3.41. The van der Waals surface area contributed by atoms with Crippen molar-refractivity contribution in [2.75, 3.05) is 18.2 Å². The Hall–Kier alpha value is -2.83. The summed E-state index contributed by atoms with van der Waals surface area (Å²) in [7, 11) is -3.41. The molecule has 3 aromatic rings. The van der Waals surface area contributed by atoms with Gasteiger partial charge >= 0.3 is 0 Å². The molecule has 7 heteroatoms. The molecule has 0 saturated heterocycles. The van der Waals surface area contributed by atoms with Crippen LogP contribution in [-0.4, -0.2) is 27.2 Å². The van der Waals surface area contributed by atoms with Gasteiger partial charge in [-0.3, -0.25) is 4.79 Å². The third-order valence-electron chi connectivity index (χ3n) is 3.97. The molecule has 1 N–H and O–H groups in total. The summed E-state index contributed by atoms with van der Waals surface area (Å²) in [5.41, 5.74) is 2.06. The van der Waals surface area contributed by atoms with E-state index in [1.165, 1.54) is 18.2 Å². The molecule has 3 aromatic carbocycles. The predicted molar refractivity (Wildman–Crippen MR) is 111 cm³/mol. The number of para-hydroxylation sites is 1. The smallest absolute Gasteiger partial charge is 0.262 e. The number of halogens is 1. The second kappa shape index (κ2) is 8.46. The minimum absolute atomic E-state index is 0.0718. The first-order chi connectivity index (χ1) is 13.3. The zero-order valence-electron chi connectivity index (χ0n) is 15.1. The van der Waals surface area contributed by atoms with Crippen LogP contribution in [0.25, 0.3) is 11.1 Å². The van der Waals surface area contributed by atoms with Gasteiger partial charge < -0.3 is 10.1 Å². The molecule has 0 saturated carbocycles. The Morgan fingerprint density at radius 3 is 2.39 bits per heavy atom. The van der Waals surface area contributed by atoms with E-state index in [4.69, 9.17) is 16.3 Å². The van der Waals surface area contributed by atoms with Crippen LogP contribution in [0.2, 0.25) is 5.02 Å². The molecule has 0 spiro atoms. The summed E-state index contributed by atoms with van der Waals surface area (Å²) in [5, 5.41) is 2.83. The molecule has 144 valence electrons. The van der Waals surface area contributed by atoms with Crippen molar-refractivity contribution < 1.29 is 17.9 Å². The van der Waals surface area contributed by atoms with Crippen molar-refractivity contribution in [3.63, 3.8) is 0 Å². The summed E-state index contributed by atoms with van der Waals surface area (Å²) in [5.74, 6) is 0.121. The molecule has 0 aliphatic rings. The molecular formula is C21H18ClNO4S. The summed E-state index contributed by atoms with van der Waals surface area (Å²) in [6.45, 7) is -0.247. The molecule has 5 nitrogen and oxygen atoms in total. The summed E-state index contributed by atoms with van der Waals surface area (Å²) in [4.78, 5) is 12.4. The molecule has 0 heterocycles. The van der Waals surface area contributed by atoms with Gasteiger partial charge in [0.2, 0.25) is 0 Å². The van der Waals surface area contributed by atoms with Crippen LogP contribution in [0, 0.1) is 0 Å². The first-order valence-corrected chi connectivity index (χ1v) is 10.7. The van der Waals surface area contributed by atoms with Crippen molar-refractivity contribution in [2.45, 2.75) is 4.90 Å². The molecule has 0 unspecified atom stereocenters. The number of anilines is 1. The van der Waals surface area contributed by atoms with Gasteiger partial charge in [0, 0.05) is 11.8 Å². The van der Waals surface area contributed by atoms with Crippen LogP contribution in [0.4, 0.5) is 5.69 Å². The van der Waals surface area contributed by atoms with Gasteiger partial charge in [0.15, 0.2) is 16.4 Å². The SMILES string of the molecule is CS(=O)(=O)c1ccc(Cl)c(NC(=O)COc2ccccc2-c2ccccc2)c1. The molecule has 0 aliphatic heterocycles. The monoisotopic (exact) mass is 415 g/mol. The molecule has 0 atom stereocenters. The van der Waals surface area contributed by atoms with Crippen LogP contribution < -0.4 is 10.1 Å². The fraction of sp³-hybridized carbons (Fsp3) is 0.0952. The quantitative estimate of drug-likeness (QED) is 0.646. The van der Waals surface area contributed by atoms with Gasteiger partial charge in [-0.15, -0.1) is 0 Å². The Kier molecular flexibility index (Phi) is 6.02. The molecule has 0 aromatic heterocycles. The Labute approximate surface area is 168 Å². The Bertz CT molecular complexity index is 1100. The lowest BCUT2D eigenvalue weighted by Crippen LogP contribution is -2.20. The second-order valence-electron chi connectivity index (χ2n) is 6.11. The number of rotatable bonds is 6. The highest BCUT2D eigenvalue weighted by atomic mass is 35.5. The maximum Gasteiger partial charge on any atom is 0.262 e. The van der Waals surface area contributed by atoms with E-state index in [0.717, 1.165) is 17.4 Å². The van der Waals surface area contributed by atoms with Crippen LogP contribution in [0.5, 0.6) is 5.75 Å². The van der Waals surface area contributed by atoms with Crippen LogP contribution in [0.1, 0.15) is 0 Å². The second-order valence-corrected chi connectivity index (χ2v) is 8.54. The van der Waals surface area contributed by atoms with E-state index >= 15 is 0 Å². The van der Waals surface area contributed by atoms with Gasteiger partial charge in [-0.1, -0.05) is 60.1 Å². The van der Waals surface area contributed by atoms with E-state index in [9.17, 15) is 13.2 Å². The average Bonchev–Trinajstić information content (AvgIpc) is 2.68. The lowest BCUT2D eigenvalue weighted by Gasteiger charge is -2.13. The number of carbonyl (C=O) groups excluding carboxylic acids is 1. The van der Waals surface area contributed by atoms with Gasteiger partial charge in [-0.05, 0) is 29.8 Å². The fourth-order valence-corrected chi connectivity index (χ4v) is 3.42. The van der Waals surface area contributed by atoms with Crippen molar-refractivity contribution in [3.05, 3.63) is 77.8 Å². The zero-order valence-corrected chi connectivity index (χ0v) is 16.6. The molecule has 3 rings (SSSR count). The molecule has 0 bridgehead atoms. The summed E-state index contributed by atoms with van der Waals surface area (Å²) in [6.07, 6.45) is 1.09. The van der Waals surface area contributed by atoms with Crippen LogP contribution >= 0.6 is 11.6 Å². The van der Waals surface area contributed by atoms with Crippen molar-refractivity contribution >= 4 is 33.0 Å². The molecular weight excluding hydrogens is 398 g/mol. The standard InChI is InChI=1S/C21H18ClNO4S/c1-28(25,26)16-11-12-18(22)19(13-16)23-21(24)14-27-20-10-6-5-9-17(20)15-7-3-2-4-8-15/h2-13H,14H2,1H3,(H,23,24). The van der Waals surface area contributed by atoms with Crippen LogP contribution in [0.15, 0.2) is 77.7 Å². The van der Waals surface area contributed by atoms with Gasteiger partial charge in [0.1, 0.15) is 5.75 Å². The van der Waals surface area contributed by atoms with E-state index in [-0.39, 0.29) is 22.2 Å². The fourth-order valence-electron chi connectivity index (χ4n) is 2.61. The third kappa shape index (κ3) is 4.91. The van der Waals surface area contributed by atoms with Gasteiger partial charge in [-0.2, -0.15) is 0 Å². The highest BCUT2D eigenvalue weighted by Crippen LogP contribution is 2.30. The highest BCUT2D eigenvalue weighted by Gasteiger charge is 2.13. The van der Waals surface area contributed by atoms with E-state index < -0.39 is 15.7 Å². The summed E-state index contributed by atoms with van der Waals surface area (Å²) < 4.78 is 29.1. The van der Waals surface area contributed by atoms with E-state index in [1.54, 1.807) is 6.07 Å². The van der Waals surface area contributed by atoms with Crippen molar-refractivity contribution in [1.29, 1.82) is 0 Å². The predicted octanol–water partition coefficient (Wildman–Crippen LogP) is 4.43. The van der Waals surface area contributed by atoms with Crippen LogP contribution in [-0.2, 0) is 14.6 Å². The molecule has 1 amide bonds. The highest BCUT2D eigenvalue weighted by molar-refractivity contribution is 7.90. The van der Waals surface area contributed by atoms with E-state index in [0.29, 0.717) is 5.75 Å². The number of sulfone groups is 1. The van der Waals surface area contributed by atoms with Gasteiger partial charge in [0.05, 0.1) is 15.6 Å². The maximum absolute atomic E-state index is 12.3. The number of carbonyl (C=O) groups is 1. The van der Waals surface area contributed by atoms with Crippen LogP contribution in [0.3, 0.4) is 0 Å². The number of benzene rings is 3. The van der Waals surface area contributed by atoms with Crippen molar-refractivity contribution in [3.8, 4) is 16.9 Å². The van der Waals surface area contributed by atoms with E-state index in [1.807, 2.05) is 48.5 Å². The summed E-state index contributed by atoms with van der Waals surface area (Å²) >= 11 is 6.06. The normalized spacial score (nSPS) is 11.1. The Balaban J connectivity index is 1.73. The number of hydrogen-bond donors (Lipinski definition) is 1. The average molecular weight is 416 g/mol. The first kappa shape index (κ1) is 19.9. The largest absolute Gasteiger partial charge is 0.483 e. The third-order valence-corrected chi connectivity index (χ3v) is 5.41. The summed E-state index contributed by atoms with van der Waals surface area (Å²) in [6, 6.07) is 21.3. The molecule has 28 heavy (non-hydrogen) atoms. The van der Waals surface area contributed by atoms with Crippen molar-refractivity contribution in [2.24, 2.45) is 0 Å². The molecule has 0 aliphatic carbocycles. The number of nitrogens with one attached hydrogen (secondary N) is 1. The van der Waals surface area contributed by atoms with Gasteiger partial charge in [-0.25, -0.2) is 8.42 Å². The lowest BCUT2D eigenvalue weighted by molar-refractivity contribution is -0.118. The molecule has 0 fully saturated rings. The number of amides is 1. The molecule has 0 radical (unpaired) electrons. The first-order valence-electron chi connectivity index (χ1n) is 8.41. The minimum Gasteiger partial charge on any atom is -0.483 e.